The molecule has 3 aromatic carbocycles. The first-order valence-electron chi connectivity index (χ1n) is 11.6. The van der Waals surface area contributed by atoms with Gasteiger partial charge in [-0.3, -0.25) is 13.9 Å². The number of carbonyl (C=O) groups excluding carboxylic acids is 2. The van der Waals surface area contributed by atoms with E-state index in [0.29, 0.717) is 17.0 Å². The molecule has 2 N–H and O–H groups in total. The molecule has 2 atom stereocenters. The Labute approximate surface area is 217 Å². The molecule has 194 valence electrons. The van der Waals surface area contributed by atoms with Crippen molar-refractivity contribution < 1.29 is 22.7 Å². The topological polar surface area (TPSA) is 117 Å². The molecule has 3 rings (SSSR count). The summed E-state index contributed by atoms with van der Waals surface area (Å²) in [7, 11) is -3.70. The summed E-state index contributed by atoms with van der Waals surface area (Å²) in [6.45, 7) is 3.26. The summed E-state index contributed by atoms with van der Waals surface area (Å²) in [4.78, 5) is 24.8. The maximum atomic E-state index is 12.6. The van der Waals surface area contributed by atoms with Crippen LogP contribution in [0.25, 0.3) is 0 Å². The smallest absolute Gasteiger partial charge is 0.263 e. The van der Waals surface area contributed by atoms with Crippen molar-refractivity contribution in [3.05, 3.63) is 96.1 Å². The fourth-order valence-electron chi connectivity index (χ4n) is 3.55. The fraction of sp³-hybridized carbons (Fsp3) is 0.222. The van der Waals surface area contributed by atoms with E-state index >= 15 is 0 Å². The van der Waals surface area contributed by atoms with Crippen LogP contribution >= 0.6 is 0 Å². The SMILES string of the molecule is C[C@@H](NC(=O)COc1ccc(/C=N\NC(=O)[C@H](C)N(c2ccccc2)S(C)(=O)=O)cc1)c1ccccc1. The highest BCUT2D eigenvalue weighted by molar-refractivity contribution is 7.92. The molecule has 0 aliphatic heterocycles. The second-order valence-electron chi connectivity index (χ2n) is 8.36. The van der Waals surface area contributed by atoms with Crippen LogP contribution in [0.3, 0.4) is 0 Å². The Kier molecular flexibility index (Phi) is 9.39. The predicted molar refractivity (Wildman–Crippen MR) is 144 cm³/mol. The van der Waals surface area contributed by atoms with Gasteiger partial charge in [-0.2, -0.15) is 5.10 Å². The molecule has 0 unspecified atom stereocenters. The van der Waals surface area contributed by atoms with Crippen LogP contribution in [0.5, 0.6) is 5.75 Å². The lowest BCUT2D eigenvalue weighted by Crippen LogP contribution is -2.46. The molecule has 0 saturated carbocycles. The number of ether oxygens (including phenoxy) is 1. The normalized spacial score (nSPS) is 12.9. The molecule has 0 fully saturated rings. The Balaban J connectivity index is 1.50. The lowest BCUT2D eigenvalue weighted by molar-refractivity contribution is -0.124. The molecule has 2 amide bonds. The third-order valence-corrected chi connectivity index (χ3v) is 6.66. The molecule has 0 aromatic heterocycles. The zero-order chi connectivity index (χ0) is 26.8. The van der Waals surface area contributed by atoms with Crippen molar-refractivity contribution in [3.8, 4) is 5.75 Å². The van der Waals surface area contributed by atoms with Crippen molar-refractivity contribution in [3.63, 3.8) is 0 Å². The highest BCUT2D eigenvalue weighted by Crippen LogP contribution is 2.20. The monoisotopic (exact) mass is 522 g/mol. The van der Waals surface area contributed by atoms with E-state index < -0.39 is 22.0 Å². The van der Waals surface area contributed by atoms with Crippen LogP contribution in [0.1, 0.15) is 31.0 Å². The third-order valence-electron chi connectivity index (χ3n) is 5.41. The summed E-state index contributed by atoms with van der Waals surface area (Å²) in [5.41, 5.74) is 4.44. The van der Waals surface area contributed by atoms with Gasteiger partial charge in [0.15, 0.2) is 6.61 Å². The van der Waals surface area contributed by atoms with E-state index in [1.165, 1.54) is 13.1 Å². The number of para-hydroxylation sites is 1. The summed E-state index contributed by atoms with van der Waals surface area (Å²) < 4.78 is 31.2. The van der Waals surface area contributed by atoms with Crippen molar-refractivity contribution in [1.29, 1.82) is 0 Å². The second kappa shape index (κ2) is 12.7. The number of nitrogens with one attached hydrogen (secondary N) is 2. The van der Waals surface area contributed by atoms with Gasteiger partial charge in [0.05, 0.1) is 24.2 Å². The number of rotatable bonds is 11. The van der Waals surface area contributed by atoms with Gasteiger partial charge in [0, 0.05) is 0 Å². The Morgan fingerprint density at radius 3 is 2.14 bits per heavy atom. The Hall–Kier alpha value is -4.18. The standard InChI is InChI=1S/C27H30N4O5S/c1-20(23-10-6-4-7-11-23)29-26(32)19-36-25-16-14-22(15-17-25)18-28-30-27(33)21(2)31(37(3,34)35)24-12-8-5-9-13-24/h4-18,20-21H,19H2,1-3H3,(H,29,32)(H,30,33)/b28-18-/t20-,21+/m1/s1. The molecule has 0 aliphatic rings. The first-order valence-corrected chi connectivity index (χ1v) is 13.4. The maximum absolute atomic E-state index is 12.6. The van der Waals surface area contributed by atoms with Crippen molar-refractivity contribution in [1.82, 2.24) is 10.7 Å². The van der Waals surface area contributed by atoms with Crippen molar-refractivity contribution in [2.24, 2.45) is 5.10 Å². The fourth-order valence-corrected chi connectivity index (χ4v) is 4.73. The summed E-state index contributed by atoms with van der Waals surface area (Å²) in [6, 6.07) is 23.7. The van der Waals surface area contributed by atoms with Gasteiger partial charge in [-0.05, 0) is 61.4 Å². The molecular weight excluding hydrogens is 492 g/mol. The number of sulfonamides is 1. The number of hydrogen-bond donors (Lipinski definition) is 2. The molecule has 0 spiro atoms. The third kappa shape index (κ3) is 8.18. The number of nitrogens with zero attached hydrogens (tertiary/aromatic N) is 2. The molecule has 0 aliphatic carbocycles. The quantitative estimate of drug-likeness (QED) is 0.296. The Morgan fingerprint density at radius 2 is 1.54 bits per heavy atom. The number of anilines is 1. The van der Waals surface area contributed by atoms with E-state index in [1.54, 1.807) is 54.6 Å². The predicted octanol–water partition coefficient (Wildman–Crippen LogP) is 3.25. The number of hydrogen-bond acceptors (Lipinski definition) is 6. The summed E-state index contributed by atoms with van der Waals surface area (Å²) >= 11 is 0. The zero-order valence-electron chi connectivity index (χ0n) is 20.9. The van der Waals surface area contributed by atoms with Crippen LogP contribution in [0, 0.1) is 0 Å². The van der Waals surface area contributed by atoms with Gasteiger partial charge >= 0.3 is 0 Å². The molecule has 0 radical (unpaired) electrons. The minimum Gasteiger partial charge on any atom is -0.484 e. The largest absolute Gasteiger partial charge is 0.484 e. The summed E-state index contributed by atoms with van der Waals surface area (Å²) in [6.07, 6.45) is 2.47. The highest BCUT2D eigenvalue weighted by atomic mass is 32.2. The minimum absolute atomic E-state index is 0.128. The number of hydrazone groups is 1. The van der Waals surface area contributed by atoms with E-state index in [2.05, 4.69) is 15.8 Å². The molecule has 37 heavy (non-hydrogen) atoms. The number of benzene rings is 3. The van der Waals surface area contributed by atoms with Gasteiger partial charge in [0.25, 0.3) is 11.8 Å². The molecular formula is C27H30N4O5S. The van der Waals surface area contributed by atoms with Gasteiger partial charge in [-0.15, -0.1) is 0 Å². The molecule has 0 heterocycles. The lowest BCUT2D eigenvalue weighted by atomic mass is 10.1. The van der Waals surface area contributed by atoms with E-state index in [0.717, 1.165) is 16.1 Å². The zero-order valence-corrected chi connectivity index (χ0v) is 21.7. The van der Waals surface area contributed by atoms with Gasteiger partial charge in [0.2, 0.25) is 10.0 Å². The molecule has 9 nitrogen and oxygen atoms in total. The summed E-state index contributed by atoms with van der Waals surface area (Å²) in [5.74, 6) is -0.317. The van der Waals surface area contributed by atoms with Crippen LogP contribution in [0.2, 0.25) is 0 Å². The van der Waals surface area contributed by atoms with Crippen molar-refractivity contribution >= 4 is 33.7 Å². The van der Waals surface area contributed by atoms with Crippen LogP contribution < -0.4 is 19.8 Å². The van der Waals surface area contributed by atoms with E-state index in [1.807, 2.05) is 37.3 Å². The molecule has 3 aromatic rings. The first-order chi connectivity index (χ1) is 17.6. The van der Waals surface area contributed by atoms with Crippen LogP contribution in [-0.2, 0) is 19.6 Å². The minimum atomic E-state index is -3.70. The van der Waals surface area contributed by atoms with Gasteiger partial charge < -0.3 is 10.1 Å². The van der Waals surface area contributed by atoms with Crippen molar-refractivity contribution in [2.75, 3.05) is 17.2 Å². The van der Waals surface area contributed by atoms with E-state index in [4.69, 9.17) is 4.74 Å². The number of carbonyl (C=O) groups is 2. The van der Waals surface area contributed by atoms with Crippen LogP contribution in [0.15, 0.2) is 90.0 Å². The van der Waals surface area contributed by atoms with Crippen molar-refractivity contribution in [2.45, 2.75) is 25.9 Å². The molecule has 0 bridgehead atoms. The highest BCUT2D eigenvalue weighted by Gasteiger charge is 2.28. The lowest BCUT2D eigenvalue weighted by Gasteiger charge is -2.27. The van der Waals surface area contributed by atoms with Gasteiger partial charge in [0.1, 0.15) is 11.8 Å². The summed E-state index contributed by atoms with van der Waals surface area (Å²) in [5, 5.41) is 6.82. The Morgan fingerprint density at radius 1 is 0.946 bits per heavy atom. The second-order valence-corrected chi connectivity index (χ2v) is 10.2. The number of amides is 2. The average Bonchev–Trinajstić information content (AvgIpc) is 2.88. The molecule has 0 saturated heterocycles. The van der Waals surface area contributed by atoms with E-state index in [9.17, 15) is 18.0 Å². The maximum Gasteiger partial charge on any atom is 0.263 e. The van der Waals surface area contributed by atoms with Crippen LogP contribution in [0.4, 0.5) is 5.69 Å². The van der Waals surface area contributed by atoms with Gasteiger partial charge in [-0.25, -0.2) is 13.8 Å². The van der Waals surface area contributed by atoms with E-state index in [-0.39, 0.29) is 18.6 Å². The Bertz CT molecular complexity index is 1310. The molecule has 10 heteroatoms. The first kappa shape index (κ1) is 27.4. The average molecular weight is 523 g/mol. The van der Waals surface area contributed by atoms with Gasteiger partial charge in [-0.1, -0.05) is 48.5 Å². The van der Waals surface area contributed by atoms with Crippen LogP contribution in [-0.4, -0.2) is 45.4 Å².